The van der Waals surface area contributed by atoms with Gasteiger partial charge in [-0.15, -0.1) is 10.2 Å². The largest absolute Gasteiger partial charge is 0.495 e. The van der Waals surface area contributed by atoms with E-state index >= 15 is 0 Å². The van der Waals surface area contributed by atoms with Gasteiger partial charge in [-0.3, -0.25) is 0 Å². The molecule has 1 N–H and O–H groups in total. The van der Waals surface area contributed by atoms with Crippen LogP contribution in [-0.2, 0) is 6.54 Å². The molecule has 0 spiro atoms. The Labute approximate surface area is 115 Å². The first-order valence-corrected chi connectivity index (χ1v) is 6.39. The first-order valence-electron chi connectivity index (χ1n) is 4.81. The van der Waals surface area contributed by atoms with Gasteiger partial charge in [0, 0.05) is 10.0 Å². The highest BCUT2D eigenvalue weighted by Crippen LogP contribution is 2.32. The summed E-state index contributed by atoms with van der Waals surface area (Å²) in [6.07, 6.45) is 3.19. The molecule has 0 saturated carbocycles. The van der Waals surface area contributed by atoms with Gasteiger partial charge in [0.05, 0.1) is 18.1 Å². The molecule has 0 atom stereocenters. The molecule has 0 aliphatic carbocycles. The summed E-state index contributed by atoms with van der Waals surface area (Å²) >= 11 is 6.91. The van der Waals surface area contributed by atoms with E-state index in [-0.39, 0.29) is 0 Å². The molecular weight excluding hydrogens is 352 g/mol. The summed E-state index contributed by atoms with van der Waals surface area (Å²) in [6.45, 7) is 0.610. The number of ether oxygens (including phenoxy) is 1. The van der Waals surface area contributed by atoms with Crippen molar-refractivity contribution in [1.82, 2.24) is 14.9 Å². The van der Waals surface area contributed by atoms with Crippen LogP contribution < -0.4 is 10.2 Å². The number of halogens is 2. The lowest BCUT2D eigenvalue weighted by Crippen LogP contribution is -2.13. The molecular formula is C10H10Br2N4O. The third-order valence-electron chi connectivity index (χ3n) is 2.16. The summed E-state index contributed by atoms with van der Waals surface area (Å²) in [5.41, 5.74) is 4.17. The first kappa shape index (κ1) is 12.4. The van der Waals surface area contributed by atoms with Gasteiger partial charge >= 0.3 is 0 Å². The molecule has 7 heteroatoms. The fraction of sp³-hybridized carbons (Fsp3) is 0.200. The molecule has 0 aliphatic heterocycles. The zero-order valence-corrected chi connectivity index (χ0v) is 12.2. The molecule has 1 heterocycles. The zero-order valence-electron chi connectivity index (χ0n) is 9.02. The Morgan fingerprint density at radius 2 is 2.00 bits per heavy atom. The molecule has 0 fully saturated rings. The highest BCUT2D eigenvalue weighted by atomic mass is 79.9. The normalized spacial score (nSPS) is 10.3. The molecule has 0 saturated heterocycles. The van der Waals surface area contributed by atoms with Crippen molar-refractivity contribution in [2.45, 2.75) is 6.54 Å². The second kappa shape index (κ2) is 5.50. The average molecular weight is 362 g/mol. The second-order valence-corrected chi connectivity index (χ2v) is 5.05. The molecule has 2 aromatic rings. The van der Waals surface area contributed by atoms with Crippen molar-refractivity contribution in [1.29, 1.82) is 0 Å². The predicted molar refractivity (Wildman–Crippen MR) is 71.5 cm³/mol. The monoisotopic (exact) mass is 360 g/mol. The van der Waals surface area contributed by atoms with E-state index in [9.17, 15) is 0 Å². The minimum Gasteiger partial charge on any atom is -0.495 e. The minimum absolute atomic E-state index is 0.610. The topological polar surface area (TPSA) is 52.0 Å². The van der Waals surface area contributed by atoms with Crippen LogP contribution in [0.5, 0.6) is 5.75 Å². The number of nitrogens with one attached hydrogen (secondary N) is 1. The van der Waals surface area contributed by atoms with Crippen LogP contribution in [0.2, 0.25) is 0 Å². The number of rotatable bonds is 4. The smallest absolute Gasteiger partial charge is 0.138 e. The Bertz CT molecular complexity index is 501. The summed E-state index contributed by atoms with van der Waals surface area (Å²) in [4.78, 5) is 0. The van der Waals surface area contributed by atoms with Crippen LogP contribution >= 0.6 is 31.9 Å². The Morgan fingerprint density at radius 3 is 2.65 bits per heavy atom. The van der Waals surface area contributed by atoms with Gasteiger partial charge in [-0.1, -0.05) is 15.9 Å². The van der Waals surface area contributed by atoms with Crippen molar-refractivity contribution < 1.29 is 4.74 Å². The molecule has 0 amide bonds. The maximum Gasteiger partial charge on any atom is 0.138 e. The molecule has 90 valence electrons. The van der Waals surface area contributed by atoms with Gasteiger partial charge in [0.1, 0.15) is 18.4 Å². The summed E-state index contributed by atoms with van der Waals surface area (Å²) in [6, 6.07) is 3.95. The Kier molecular flexibility index (Phi) is 4.01. The van der Waals surface area contributed by atoms with Gasteiger partial charge in [0.2, 0.25) is 0 Å². The van der Waals surface area contributed by atoms with Gasteiger partial charge in [0.25, 0.3) is 0 Å². The Hall–Kier alpha value is -1.08. The van der Waals surface area contributed by atoms with E-state index in [0.717, 1.165) is 20.3 Å². The maximum atomic E-state index is 5.35. The lowest BCUT2D eigenvalue weighted by molar-refractivity contribution is 0.407. The van der Waals surface area contributed by atoms with Crippen LogP contribution in [0.25, 0.3) is 0 Å². The molecule has 0 bridgehead atoms. The van der Waals surface area contributed by atoms with Gasteiger partial charge in [-0.05, 0) is 28.1 Å². The number of benzene rings is 1. The number of hydrogen-bond acceptors (Lipinski definition) is 4. The fourth-order valence-electron chi connectivity index (χ4n) is 1.43. The third kappa shape index (κ3) is 2.98. The summed E-state index contributed by atoms with van der Waals surface area (Å²) in [5.74, 6) is 0.814. The van der Waals surface area contributed by atoms with Crippen molar-refractivity contribution >= 4 is 31.9 Å². The molecule has 0 unspecified atom stereocenters. The highest BCUT2D eigenvalue weighted by molar-refractivity contribution is 9.11. The lowest BCUT2D eigenvalue weighted by atomic mass is 10.2. The third-order valence-corrected chi connectivity index (χ3v) is 3.21. The van der Waals surface area contributed by atoms with Gasteiger partial charge in [0.15, 0.2) is 0 Å². The Morgan fingerprint density at radius 1 is 1.29 bits per heavy atom. The van der Waals surface area contributed by atoms with E-state index in [0.29, 0.717) is 6.54 Å². The number of methoxy groups -OCH3 is 1. The van der Waals surface area contributed by atoms with Gasteiger partial charge < -0.3 is 10.2 Å². The van der Waals surface area contributed by atoms with Gasteiger partial charge in [-0.2, -0.15) is 0 Å². The van der Waals surface area contributed by atoms with Crippen molar-refractivity contribution in [3.8, 4) is 5.75 Å². The van der Waals surface area contributed by atoms with Crippen LogP contribution in [0.4, 0.5) is 0 Å². The van der Waals surface area contributed by atoms with Crippen molar-refractivity contribution in [3.05, 3.63) is 39.3 Å². The zero-order chi connectivity index (χ0) is 12.3. The Balaban J connectivity index is 2.19. The van der Waals surface area contributed by atoms with Crippen LogP contribution in [0, 0.1) is 0 Å². The molecule has 0 aliphatic rings. The number of hydrogen-bond donors (Lipinski definition) is 1. The van der Waals surface area contributed by atoms with E-state index in [1.54, 1.807) is 24.4 Å². The fourth-order valence-corrected chi connectivity index (χ4v) is 2.91. The van der Waals surface area contributed by atoms with Crippen LogP contribution in [0.3, 0.4) is 0 Å². The average Bonchev–Trinajstić information content (AvgIpc) is 2.78. The first-order chi connectivity index (χ1) is 8.20. The number of nitrogens with zero attached hydrogens (tertiary/aromatic N) is 3. The predicted octanol–water partition coefficient (Wildman–Crippen LogP) is 2.56. The summed E-state index contributed by atoms with van der Waals surface area (Å²) < 4.78 is 8.94. The molecule has 2 rings (SSSR count). The van der Waals surface area contributed by atoms with Crippen LogP contribution in [-0.4, -0.2) is 22.0 Å². The molecule has 1 aromatic heterocycles. The molecule has 17 heavy (non-hydrogen) atoms. The van der Waals surface area contributed by atoms with Crippen molar-refractivity contribution in [2.75, 3.05) is 12.5 Å². The van der Waals surface area contributed by atoms with Crippen LogP contribution in [0.1, 0.15) is 5.56 Å². The number of aromatic nitrogens is 3. The van der Waals surface area contributed by atoms with E-state index in [2.05, 4.69) is 47.5 Å². The van der Waals surface area contributed by atoms with Crippen molar-refractivity contribution in [2.24, 2.45) is 0 Å². The maximum absolute atomic E-state index is 5.35. The van der Waals surface area contributed by atoms with Crippen LogP contribution in [0.15, 0.2) is 33.7 Å². The van der Waals surface area contributed by atoms with E-state index < -0.39 is 0 Å². The van der Waals surface area contributed by atoms with E-state index in [4.69, 9.17) is 4.74 Å². The summed E-state index contributed by atoms with van der Waals surface area (Å²) in [5, 5.41) is 7.43. The van der Waals surface area contributed by atoms with Gasteiger partial charge in [-0.25, -0.2) is 4.68 Å². The standard InChI is InChI=1S/C10H10Br2N4O/c1-17-10-7(2-8(11)3-9(10)12)4-15-16-5-13-14-6-16/h2-3,5-6,15H,4H2,1H3. The SMILES string of the molecule is COc1c(Br)cc(Br)cc1CNn1cnnc1. The van der Waals surface area contributed by atoms with Crippen molar-refractivity contribution in [3.63, 3.8) is 0 Å². The van der Waals surface area contributed by atoms with E-state index in [1.165, 1.54) is 0 Å². The second-order valence-electron chi connectivity index (χ2n) is 3.28. The quantitative estimate of drug-likeness (QED) is 0.909. The summed E-state index contributed by atoms with van der Waals surface area (Å²) in [7, 11) is 1.65. The minimum atomic E-state index is 0.610. The van der Waals surface area contributed by atoms with E-state index in [1.807, 2.05) is 12.1 Å². The highest BCUT2D eigenvalue weighted by Gasteiger charge is 2.08. The molecule has 0 radical (unpaired) electrons. The lowest BCUT2D eigenvalue weighted by Gasteiger charge is -2.12. The molecule has 5 nitrogen and oxygen atoms in total. The molecule has 1 aromatic carbocycles.